The maximum atomic E-state index is 12.6. The molecule has 0 bridgehead atoms. The van der Waals surface area contributed by atoms with Crippen molar-refractivity contribution in [3.63, 3.8) is 0 Å². The molecular formula is C15H20N2O3S. The van der Waals surface area contributed by atoms with Crippen LogP contribution in [0.5, 0.6) is 0 Å². The Labute approximate surface area is 126 Å². The van der Waals surface area contributed by atoms with Crippen LogP contribution < -0.4 is 0 Å². The van der Waals surface area contributed by atoms with Gasteiger partial charge in [-0.1, -0.05) is 25.2 Å². The highest BCUT2D eigenvalue weighted by molar-refractivity contribution is 7.89. The molecule has 1 aromatic rings. The fourth-order valence-corrected chi connectivity index (χ4v) is 3.94. The first-order chi connectivity index (χ1) is 10.1. The summed E-state index contributed by atoms with van der Waals surface area (Å²) in [6, 6.07) is 1.51. The van der Waals surface area contributed by atoms with E-state index in [-0.39, 0.29) is 11.5 Å². The summed E-state index contributed by atoms with van der Waals surface area (Å²) >= 11 is 0. The lowest BCUT2D eigenvalue weighted by atomic mass is 9.96. The highest BCUT2D eigenvalue weighted by atomic mass is 32.2. The van der Waals surface area contributed by atoms with Crippen molar-refractivity contribution in [3.05, 3.63) is 24.0 Å². The fourth-order valence-electron chi connectivity index (χ4n) is 2.48. The Morgan fingerprint density at radius 1 is 1.38 bits per heavy atom. The van der Waals surface area contributed by atoms with Crippen molar-refractivity contribution >= 4 is 10.0 Å². The zero-order valence-corrected chi connectivity index (χ0v) is 12.9. The van der Waals surface area contributed by atoms with Crippen LogP contribution in [0.4, 0.5) is 0 Å². The van der Waals surface area contributed by atoms with Gasteiger partial charge in [-0.15, -0.1) is 0 Å². The second kappa shape index (κ2) is 7.03. The van der Waals surface area contributed by atoms with Crippen LogP contribution in [0.25, 0.3) is 0 Å². The molecule has 1 aromatic heterocycles. The van der Waals surface area contributed by atoms with Crippen LogP contribution in [-0.4, -0.2) is 42.5 Å². The number of hydrogen-bond donors (Lipinski definition) is 1. The molecule has 0 unspecified atom stereocenters. The van der Waals surface area contributed by atoms with E-state index in [0.29, 0.717) is 24.6 Å². The molecule has 6 heteroatoms. The molecule has 0 amide bonds. The summed E-state index contributed by atoms with van der Waals surface area (Å²) in [7, 11) is -3.50. The predicted octanol–water partition coefficient (Wildman–Crippen LogP) is 1.24. The molecule has 0 aliphatic carbocycles. The largest absolute Gasteiger partial charge is 0.384 e. The zero-order chi connectivity index (χ0) is 15.3. The molecule has 1 saturated heterocycles. The molecule has 2 heterocycles. The van der Waals surface area contributed by atoms with Gasteiger partial charge in [-0.3, -0.25) is 4.98 Å². The summed E-state index contributed by atoms with van der Waals surface area (Å²) in [6.07, 6.45) is 5.76. The lowest BCUT2D eigenvalue weighted by molar-refractivity contribution is 0.269. The van der Waals surface area contributed by atoms with E-state index >= 15 is 0 Å². The monoisotopic (exact) mass is 308 g/mol. The number of aliphatic hydroxyl groups excluding tert-OH is 1. The molecular weight excluding hydrogens is 288 g/mol. The molecule has 1 aliphatic rings. The van der Waals surface area contributed by atoms with Gasteiger partial charge in [-0.05, 0) is 24.8 Å². The van der Waals surface area contributed by atoms with Crippen LogP contribution in [0.15, 0.2) is 23.4 Å². The van der Waals surface area contributed by atoms with Crippen molar-refractivity contribution in [1.82, 2.24) is 9.29 Å². The molecule has 5 nitrogen and oxygen atoms in total. The molecule has 1 N–H and O–H groups in total. The summed E-state index contributed by atoms with van der Waals surface area (Å²) in [6.45, 7) is 3.00. The van der Waals surface area contributed by atoms with Crippen LogP contribution in [0.1, 0.15) is 31.7 Å². The van der Waals surface area contributed by atoms with Crippen molar-refractivity contribution in [2.75, 3.05) is 19.7 Å². The van der Waals surface area contributed by atoms with E-state index in [9.17, 15) is 8.42 Å². The van der Waals surface area contributed by atoms with Gasteiger partial charge in [-0.25, -0.2) is 8.42 Å². The number of aromatic nitrogens is 1. The molecule has 21 heavy (non-hydrogen) atoms. The molecule has 0 aromatic carbocycles. The first kappa shape index (κ1) is 16.0. The molecule has 0 atom stereocenters. The van der Waals surface area contributed by atoms with E-state index in [1.54, 1.807) is 0 Å². The summed E-state index contributed by atoms with van der Waals surface area (Å²) < 4.78 is 26.7. The van der Waals surface area contributed by atoms with Crippen molar-refractivity contribution < 1.29 is 13.5 Å². The van der Waals surface area contributed by atoms with Gasteiger partial charge in [0.15, 0.2) is 0 Å². The number of piperidine rings is 1. The maximum Gasteiger partial charge on any atom is 0.244 e. The number of nitrogens with zero attached hydrogens (tertiary/aromatic N) is 2. The van der Waals surface area contributed by atoms with E-state index in [4.69, 9.17) is 5.11 Å². The maximum absolute atomic E-state index is 12.6. The normalized spacial score (nSPS) is 17.2. The van der Waals surface area contributed by atoms with Gasteiger partial charge in [0.2, 0.25) is 10.0 Å². The van der Waals surface area contributed by atoms with Gasteiger partial charge in [0.25, 0.3) is 0 Å². The van der Waals surface area contributed by atoms with Crippen molar-refractivity contribution in [3.8, 4) is 11.8 Å². The topological polar surface area (TPSA) is 70.5 Å². The third-order valence-electron chi connectivity index (χ3n) is 3.81. The Hall–Kier alpha value is -1.42. The summed E-state index contributed by atoms with van der Waals surface area (Å²) in [5.74, 6) is 5.80. The minimum absolute atomic E-state index is 0.169. The third kappa shape index (κ3) is 3.82. The highest BCUT2D eigenvalue weighted by Gasteiger charge is 2.29. The van der Waals surface area contributed by atoms with Gasteiger partial charge in [0.1, 0.15) is 11.5 Å². The molecule has 1 aliphatic heterocycles. The Morgan fingerprint density at radius 2 is 2.10 bits per heavy atom. The minimum Gasteiger partial charge on any atom is -0.384 e. The summed E-state index contributed by atoms with van der Waals surface area (Å²) in [5, 5.41) is 8.69. The SMILES string of the molecule is CCC1CCN(S(=O)(=O)c2cncc(C#CCO)c2)CC1. The van der Waals surface area contributed by atoms with Gasteiger partial charge < -0.3 is 5.11 Å². The standard InChI is InChI=1S/C15H20N2O3S/c1-2-13-5-7-17(8-6-13)21(19,20)15-10-14(4-3-9-18)11-16-12-15/h10-13,18H,2,5-9H2,1H3. The van der Waals surface area contributed by atoms with E-state index in [1.165, 1.54) is 22.8 Å². The van der Waals surface area contributed by atoms with E-state index in [1.807, 2.05) is 0 Å². The molecule has 0 saturated carbocycles. The van der Waals surface area contributed by atoms with E-state index in [2.05, 4.69) is 23.7 Å². The van der Waals surface area contributed by atoms with Gasteiger partial charge in [0, 0.05) is 31.0 Å². The number of pyridine rings is 1. The summed E-state index contributed by atoms with van der Waals surface area (Å²) in [5.41, 5.74) is 0.494. The Morgan fingerprint density at radius 3 is 2.71 bits per heavy atom. The van der Waals surface area contributed by atoms with Gasteiger partial charge >= 0.3 is 0 Å². The number of hydrogen-bond acceptors (Lipinski definition) is 4. The Kier molecular flexibility index (Phi) is 5.34. The Bertz CT molecular complexity index is 638. The van der Waals surface area contributed by atoms with Crippen LogP contribution in [0.3, 0.4) is 0 Å². The average molecular weight is 308 g/mol. The van der Waals surface area contributed by atoms with E-state index < -0.39 is 10.0 Å². The molecule has 2 rings (SSSR count). The molecule has 0 radical (unpaired) electrons. The first-order valence-corrected chi connectivity index (χ1v) is 8.57. The summed E-state index contributed by atoms with van der Waals surface area (Å²) in [4.78, 5) is 4.11. The first-order valence-electron chi connectivity index (χ1n) is 7.13. The van der Waals surface area contributed by atoms with Crippen LogP contribution in [-0.2, 0) is 10.0 Å². The number of rotatable bonds is 3. The minimum atomic E-state index is -3.50. The van der Waals surface area contributed by atoms with Crippen molar-refractivity contribution in [2.24, 2.45) is 5.92 Å². The van der Waals surface area contributed by atoms with Crippen molar-refractivity contribution in [1.29, 1.82) is 0 Å². The zero-order valence-electron chi connectivity index (χ0n) is 12.1. The Balaban J connectivity index is 2.20. The predicted molar refractivity (Wildman–Crippen MR) is 80.0 cm³/mol. The lowest BCUT2D eigenvalue weighted by Gasteiger charge is -2.30. The lowest BCUT2D eigenvalue weighted by Crippen LogP contribution is -2.38. The average Bonchev–Trinajstić information content (AvgIpc) is 2.53. The second-order valence-corrected chi connectivity index (χ2v) is 7.06. The fraction of sp³-hybridized carbons (Fsp3) is 0.533. The van der Waals surface area contributed by atoms with Crippen LogP contribution in [0, 0.1) is 17.8 Å². The highest BCUT2D eigenvalue weighted by Crippen LogP contribution is 2.25. The number of sulfonamides is 1. The molecule has 1 fully saturated rings. The van der Waals surface area contributed by atoms with Gasteiger partial charge in [-0.2, -0.15) is 4.31 Å². The molecule has 114 valence electrons. The molecule has 0 spiro atoms. The quantitative estimate of drug-likeness (QED) is 0.853. The van der Waals surface area contributed by atoms with Gasteiger partial charge in [0.05, 0.1) is 0 Å². The van der Waals surface area contributed by atoms with Crippen LogP contribution >= 0.6 is 0 Å². The van der Waals surface area contributed by atoms with Crippen LogP contribution in [0.2, 0.25) is 0 Å². The second-order valence-electron chi connectivity index (χ2n) is 5.12. The number of aliphatic hydroxyl groups is 1. The van der Waals surface area contributed by atoms with Crippen molar-refractivity contribution in [2.45, 2.75) is 31.1 Å². The van der Waals surface area contributed by atoms with E-state index in [0.717, 1.165) is 19.3 Å². The smallest absolute Gasteiger partial charge is 0.244 e. The third-order valence-corrected chi connectivity index (χ3v) is 5.68.